The largest absolute Gasteiger partial charge is 0.363 e. The van der Waals surface area contributed by atoms with Crippen LogP contribution in [0.3, 0.4) is 0 Å². The first kappa shape index (κ1) is 8.90. The highest BCUT2D eigenvalue weighted by atomic mass is 14.9. The van der Waals surface area contributed by atoms with E-state index in [1.807, 2.05) is 25.3 Å². The predicted octanol–water partition coefficient (Wildman–Crippen LogP) is 1.16. The van der Waals surface area contributed by atoms with Crippen LogP contribution in [0, 0.1) is 6.92 Å². The van der Waals surface area contributed by atoms with Crippen molar-refractivity contribution >= 4 is 0 Å². The molecule has 2 aromatic heterocycles. The molecule has 4 nitrogen and oxygen atoms in total. The van der Waals surface area contributed by atoms with Crippen molar-refractivity contribution in [1.29, 1.82) is 0 Å². The van der Waals surface area contributed by atoms with Crippen LogP contribution in [0.1, 0.15) is 23.1 Å². The van der Waals surface area contributed by atoms with Gasteiger partial charge >= 0.3 is 0 Å². The number of rotatable bonds is 2. The molecule has 2 aromatic rings. The Morgan fingerprint density at radius 1 is 1.36 bits per heavy atom. The van der Waals surface area contributed by atoms with Crippen molar-refractivity contribution in [3.63, 3.8) is 0 Å². The molecular weight excluding hydrogens is 176 g/mol. The van der Waals surface area contributed by atoms with Gasteiger partial charge in [-0.3, -0.25) is 0 Å². The Morgan fingerprint density at radius 2 is 2.07 bits per heavy atom. The minimum atomic E-state index is -0.273. The Labute approximate surface area is 82.2 Å². The lowest BCUT2D eigenvalue weighted by Crippen LogP contribution is -2.15. The summed E-state index contributed by atoms with van der Waals surface area (Å²) in [5, 5.41) is 0. The van der Waals surface area contributed by atoms with Crippen LogP contribution in [0.15, 0.2) is 30.7 Å². The molecular formula is C10H12N4. The summed E-state index contributed by atoms with van der Waals surface area (Å²) in [5.41, 5.74) is 7.91. The summed E-state index contributed by atoms with van der Waals surface area (Å²) < 4.78 is 0. The highest BCUT2D eigenvalue weighted by Crippen LogP contribution is 2.12. The first-order valence-corrected chi connectivity index (χ1v) is 4.45. The molecule has 0 saturated heterocycles. The van der Waals surface area contributed by atoms with Gasteiger partial charge in [0.15, 0.2) is 5.82 Å². The molecule has 1 unspecified atom stereocenters. The minimum absolute atomic E-state index is 0.273. The van der Waals surface area contributed by atoms with Gasteiger partial charge in [0, 0.05) is 24.3 Å². The summed E-state index contributed by atoms with van der Waals surface area (Å²) in [4.78, 5) is 11.4. The van der Waals surface area contributed by atoms with Gasteiger partial charge in [-0.05, 0) is 24.6 Å². The van der Waals surface area contributed by atoms with Crippen molar-refractivity contribution in [2.24, 2.45) is 5.73 Å². The Balaban J connectivity index is 2.28. The number of nitrogens with two attached hydrogens (primary N) is 1. The second-order valence-electron chi connectivity index (χ2n) is 3.22. The lowest BCUT2D eigenvalue weighted by molar-refractivity contribution is 0.757. The molecule has 2 heterocycles. The second kappa shape index (κ2) is 3.59. The first-order valence-electron chi connectivity index (χ1n) is 4.45. The van der Waals surface area contributed by atoms with E-state index in [0.29, 0.717) is 5.82 Å². The van der Waals surface area contributed by atoms with Crippen LogP contribution < -0.4 is 5.73 Å². The van der Waals surface area contributed by atoms with Crippen LogP contribution in [-0.2, 0) is 0 Å². The van der Waals surface area contributed by atoms with E-state index in [9.17, 15) is 0 Å². The SMILES string of the molecule is Cc1cnc(C(N)c2ccc[nH]2)nc1. The monoisotopic (exact) mass is 188 g/mol. The molecule has 14 heavy (non-hydrogen) atoms. The third kappa shape index (κ3) is 1.65. The average molecular weight is 188 g/mol. The average Bonchev–Trinajstić information content (AvgIpc) is 2.71. The molecule has 0 amide bonds. The van der Waals surface area contributed by atoms with Gasteiger partial charge in [-0.15, -0.1) is 0 Å². The van der Waals surface area contributed by atoms with E-state index in [0.717, 1.165) is 11.3 Å². The smallest absolute Gasteiger partial charge is 0.150 e. The van der Waals surface area contributed by atoms with Crippen molar-refractivity contribution in [1.82, 2.24) is 15.0 Å². The molecule has 0 aromatic carbocycles. The number of hydrogen-bond donors (Lipinski definition) is 2. The van der Waals surface area contributed by atoms with E-state index in [1.54, 1.807) is 12.4 Å². The lowest BCUT2D eigenvalue weighted by atomic mass is 10.2. The highest BCUT2D eigenvalue weighted by molar-refractivity contribution is 5.17. The summed E-state index contributed by atoms with van der Waals surface area (Å²) >= 11 is 0. The maximum Gasteiger partial charge on any atom is 0.150 e. The Kier molecular flexibility index (Phi) is 2.28. The predicted molar refractivity (Wildman–Crippen MR) is 53.6 cm³/mol. The standard InChI is InChI=1S/C10H12N4/c1-7-5-13-10(14-6-7)9(11)8-3-2-4-12-8/h2-6,9,12H,11H2,1H3. The summed E-state index contributed by atoms with van der Waals surface area (Å²) in [6.45, 7) is 1.95. The van der Waals surface area contributed by atoms with Crippen molar-refractivity contribution in [3.8, 4) is 0 Å². The topological polar surface area (TPSA) is 67.6 Å². The van der Waals surface area contributed by atoms with E-state index < -0.39 is 0 Å². The van der Waals surface area contributed by atoms with E-state index in [-0.39, 0.29) is 6.04 Å². The summed E-state index contributed by atoms with van der Waals surface area (Å²) in [5.74, 6) is 0.637. The van der Waals surface area contributed by atoms with Crippen LogP contribution >= 0.6 is 0 Å². The third-order valence-corrected chi connectivity index (χ3v) is 2.04. The number of hydrogen-bond acceptors (Lipinski definition) is 3. The van der Waals surface area contributed by atoms with Crippen molar-refractivity contribution in [2.45, 2.75) is 13.0 Å². The van der Waals surface area contributed by atoms with Gasteiger partial charge in [0.25, 0.3) is 0 Å². The van der Waals surface area contributed by atoms with Gasteiger partial charge in [-0.1, -0.05) is 0 Å². The van der Waals surface area contributed by atoms with Crippen molar-refractivity contribution in [2.75, 3.05) is 0 Å². The Morgan fingerprint density at radius 3 is 2.64 bits per heavy atom. The Hall–Kier alpha value is -1.68. The molecule has 0 saturated carbocycles. The van der Waals surface area contributed by atoms with Crippen LogP contribution in [0.2, 0.25) is 0 Å². The fraction of sp³-hybridized carbons (Fsp3) is 0.200. The second-order valence-corrected chi connectivity index (χ2v) is 3.22. The third-order valence-electron chi connectivity index (χ3n) is 2.04. The minimum Gasteiger partial charge on any atom is -0.363 e. The molecule has 0 aliphatic rings. The lowest BCUT2D eigenvalue weighted by Gasteiger charge is -2.07. The Bertz CT molecular complexity index is 391. The maximum atomic E-state index is 5.95. The number of aromatic nitrogens is 3. The number of nitrogens with zero attached hydrogens (tertiary/aromatic N) is 2. The zero-order valence-corrected chi connectivity index (χ0v) is 7.94. The van der Waals surface area contributed by atoms with Gasteiger partial charge in [-0.25, -0.2) is 9.97 Å². The summed E-state index contributed by atoms with van der Waals surface area (Å²) in [6, 6.07) is 3.56. The molecule has 2 rings (SSSR count). The zero-order chi connectivity index (χ0) is 9.97. The van der Waals surface area contributed by atoms with Crippen molar-refractivity contribution < 1.29 is 0 Å². The summed E-state index contributed by atoms with van der Waals surface area (Å²) in [6.07, 6.45) is 5.37. The molecule has 0 fully saturated rings. The normalized spacial score (nSPS) is 12.7. The number of H-pyrrole nitrogens is 1. The molecule has 72 valence electrons. The van der Waals surface area contributed by atoms with E-state index in [2.05, 4.69) is 15.0 Å². The quantitative estimate of drug-likeness (QED) is 0.743. The van der Waals surface area contributed by atoms with E-state index >= 15 is 0 Å². The van der Waals surface area contributed by atoms with Crippen LogP contribution in [0.5, 0.6) is 0 Å². The van der Waals surface area contributed by atoms with E-state index in [4.69, 9.17) is 5.73 Å². The molecule has 0 radical (unpaired) electrons. The van der Waals surface area contributed by atoms with Gasteiger partial charge in [0.1, 0.15) is 6.04 Å². The molecule has 0 spiro atoms. The number of nitrogens with one attached hydrogen (secondary N) is 1. The van der Waals surface area contributed by atoms with Crippen LogP contribution in [0.25, 0.3) is 0 Å². The first-order chi connectivity index (χ1) is 6.77. The zero-order valence-electron chi connectivity index (χ0n) is 7.94. The molecule has 4 heteroatoms. The number of aryl methyl sites for hydroxylation is 1. The molecule has 1 atom stereocenters. The highest BCUT2D eigenvalue weighted by Gasteiger charge is 2.11. The molecule has 0 aliphatic carbocycles. The molecule has 3 N–H and O–H groups in total. The fourth-order valence-electron chi connectivity index (χ4n) is 1.24. The van der Waals surface area contributed by atoms with Gasteiger partial charge in [0.2, 0.25) is 0 Å². The van der Waals surface area contributed by atoms with Crippen LogP contribution in [0.4, 0.5) is 0 Å². The number of aromatic amines is 1. The van der Waals surface area contributed by atoms with Gasteiger partial charge in [0.05, 0.1) is 0 Å². The molecule has 0 bridgehead atoms. The van der Waals surface area contributed by atoms with Crippen molar-refractivity contribution in [3.05, 3.63) is 47.8 Å². The van der Waals surface area contributed by atoms with Crippen LogP contribution in [-0.4, -0.2) is 15.0 Å². The molecule has 0 aliphatic heterocycles. The summed E-state index contributed by atoms with van der Waals surface area (Å²) in [7, 11) is 0. The van der Waals surface area contributed by atoms with Gasteiger partial charge < -0.3 is 10.7 Å². The van der Waals surface area contributed by atoms with Gasteiger partial charge in [-0.2, -0.15) is 0 Å². The fourth-order valence-corrected chi connectivity index (χ4v) is 1.24. The maximum absolute atomic E-state index is 5.95. The van der Waals surface area contributed by atoms with E-state index in [1.165, 1.54) is 0 Å².